The minimum Gasteiger partial charge on any atom is -0.484 e. The molecule has 0 saturated heterocycles. The van der Waals surface area contributed by atoms with Crippen LogP contribution in [0.4, 0.5) is 0 Å². The average Bonchev–Trinajstić information content (AvgIpc) is 2.77. The molecule has 1 unspecified atom stereocenters. The van der Waals surface area contributed by atoms with E-state index in [4.69, 9.17) is 27.9 Å². The van der Waals surface area contributed by atoms with Gasteiger partial charge in [0.2, 0.25) is 5.91 Å². The third-order valence-electron chi connectivity index (χ3n) is 5.86. The van der Waals surface area contributed by atoms with Crippen LogP contribution in [0.15, 0.2) is 42.5 Å². The highest BCUT2D eigenvalue weighted by atomic mass is 35.5. The van der Waals surface area contributed by atoms with E-state index in [1.807, 2.05) is 25.1 Å². The van der Waals surface area contributed by atoms with E-state index in [1.54, 1.807) is 31.2 Å². The van der Waals surface area contributed by atoms with Gasteiger partial charge in [-0.05, 0) is 56.5 Å². The van der Waals surface area contributed by atoms with Gasteiger partial charge in [0.1, 0.15) is 11.8 Å². The number of benzene rings is 2. The Morgan fingerprint density at radius 2 is 1.75 bits per heavy atom. The molecule has 0 spiro atoms. The van der Waals surface area contributed by atoms with Crippen LogP contribution in [0.3, 0.4) is 0 Å². The summed E-state index contributed by atoms with van der Waals surface area (Å²) < 4.78 is 5.72. The summed E-state index contributed by atoms with van der Waals surface area (Å²) in [5, 5.41) is 4.02. The molecule has 1 fully saturated rings. The maximum atomic E-state index is 13.2. The second-order valence-corrected chi connectivity index (χ2v) is 9.16. The Bertz CT molecular complexity index is 924. The number of rotatable bonds is 8. The van der Waals surface area contributed by atoms with Crippen molar-refractivity contribution in [3.8, 4) is 5.75 Å². The van der Waals surface area contributed by atoms with Crippen LogP contribution >= 0.6 is 23.2 Å². The van der Waals surface area contributed by atoms with Crippen molar-refractivity contribution >= 4 is 35.0 Å². The molecule has 5 nitrogen and oxygen atoms in total. The van der Waals surface area contributed by atoms with Crippen molar-refractivity contribution in [2.45, 2.75) is 64.6 Å². The molecule has 1 atom stereocenters. The standard InChI is InChI=1S/C25H30Cl2N2O3/c1-17-8-6-11-20(14-17)32-16-24(30)29(15-21-22(26)12-7-13-23(21)27)18(2)25(31)28-19-9-4-3-5-10-19/h6-8,11-14,18-19H,3-5,9-10,15-16H2,1-2H3,(H,28,31). The molecule has 2 aromatic carbocycles. The molecule has 1 aliphatic carbocycles. The zero-order valence-electron chi connectivity index (χ0n) is 18.6. The van der Waals surface area contributed by atoms with Gasteiger partial charge >= 0.3 is 0 Å². The zero-order chi connectivity index (χ0) is 23.1. The lowest BCUT2D eigenvalue weighted by atomic mass is 9.95. The number of nitrogens with zero attached hydrogens (tertiary/aromatic N) is 1. The predicted octanol–water partition coefficient (Wildman–Crippen LogP) is 5.55. The summed E-state index contributed by atoms with van der Waals surface area (Å²) in [6.45, 7) is 3.62. The second-order valence-electron chi connectivity index (χ2n) is 8.35. The molecular weight excluding hydrogens is 447 g/mol. The van der Waals surface area contributed by atoms with E-state index in [-0.39, 0.29) is 31.0 Å². The summed E-state index contributed by atoms with van der Waals surface area (Å²) >= 11 is 12.7. The topological polar surface area (TPSA) is 58.6 Å². The number of carbonyl (C=O) groups excluding carboxylic acids is 2. The summed E-state index contributed by atoms with van der Waals surface area (Å²) in [6, 6.07) is 12.1. The van der Waals surface area contributed by atoms with E-state index in [0.29, 0.717) is 21.4 Å². The maximum Gasteiger partial charge on any atom is 0.261 e. The van der Waals surface area contributed by atoms with Crippen LogP contribution in [0.2, 0.25) is 10.0 Å². The first-order valence-corrected chi connectivity index (χ1v) is 11.8. The maximum absolute atomic E-state index is 13.2. The van der Waals surface area contributed by atoms with Gasteiger partial charge in [-0.3, -0.25) is 9.59 Å². The molecule has 2 amide bonds. The first-order valence-electron chi connectivity index (χ1n) is 11.1. The molecule has 172 valence electrons. The van der Waals surface area contributed by atoms with Gasteiger partial charge in [0.25, 0.3) is 5.91 Å². The van der Waals surface area contributed by atoms with Crippen LogP contribution in [0.25, 0.3) is 0 Å². The first-order chi connectivity index (χ1) is 15.3. The minimum atomic E-state index is -0.696. The van der Waals surface area contributed by atoms with Crippen molar-refractivity contribution in [1.29, 1.82) is 0 Å². The third-order valence-corrected chi connectivity index (χ3v) is 6.57. The van der Waals surface area contributed by atoms with E-state index in [2.05, 4.69) is 5.32 Å². The number of hydrogen-bond donors (Lipinski definition) is 1. The Hall–Kier alpha value is -2.24. The molecule has 0 aliphatic heterocycles. The van der Waals surface area contributed by atoms with Crippen molar-refractivity contribution in [2.75, 3.05) is 6.61 Å². The van der Waals surface area contributed by atoms with Crippen molar-refractivity contribution in [1.82, 2.24) is 10.2 Å². The molecule has 32 heavy (non-hydrogen) atoms. The van der Waals surface area contributed by atoms with Gasteiger partial charge in [0.15, 0.2) is 6.61 Å². The lowest BCUT2D eigenvalue weighted by molar-refractivity contribution is -0.142. The highest BCUT2D eigenvalue weighted by molar-refractivity contribution is 6.36. The van der Waals surface area contributed by atoms with Crippen LogP contribution in [-0.2, 0) is 16.1 Å². The Morgan fingerprint density at radius 1 is 1.09 bits per heavy atom. The molecular formula is C25H30Cl2N2O3. The van der Waals surface area contributed by atoms with E-state index in [9.17, 15) is 9.59 Å². The Balaban J connectivity index is 1.76. The fourth-order valence-corrected chi connectivity index (χ4v) is 4.46. The summed E-state index contributed by atoms with van der Waals surface area (Å²) in [6.07, 6.45) is 5.37. The quantitative estimate of drug-likeness (QED) is 0.543. The molecule has 1 N–H and O–H groups in total. The van der Waals surface area contributed by atoms with Crippen molar-refractivity contribution in [3.05, 3.63) is 63.6 Å². The van der Waals surface area contributed by atoms with Crippen LogP contribution in [-0.4, -0.2) is 35.4 Å². The fraction of sp³-hybridized carbons (Fsp3) is 0.440. The number of hydrogen-bond acceptors (Lipinski definition) is 3. The Labute approximate surface area is 200 Å². The van der Waals surface area contributed by atoms with Crippen LogP contribution in [0, 0.1) is 6.92 Å². The van der Waals surface area contributed by atoms with Gasteiger partial charge in [-0.1, -0.05) is 60.7 Å². The predicted molar refractivity (Wildman–Crippen MR) is 128 cm³/mol. The lowest BCUT2D eigenvalue weighted by Crippen LogP contribution is -2.51. The zero-order valence-corrected chi connectivity index (χ0v) is 20.1. The molecule has 2 aromatic rings. The van der Waals surface area contributed by atoms with Gasteiger partial charge in [0.05, 0.1) is 0 Å². The van der Waals surface area contributed by atoms with Gasteiger partial charge in [0, 0.05) is 28.2 Å². The molecule has 0 bridgehead atoms. The molecule has 3 rings (SSSR count). The van der Waals surface area contributed by atoms with E-state index < -0.39 is 6.04 Å². The molecule has 0 radical (unpaired) electrons. The second kappa shape index (κ2) is 11.6. The van der Waals surface area contributed by atoms with Crippen LogP contribution < -0.4 is 10.1 Å². The average molecular weight is 477 g/mol. The highest BCUT2D eigenvalue weighted by Crippen LogP contribution is 2.27. The van der Waals surface area contributed by atoms with Crippen LogP contribution in [0.5, 0.6) is 5.75 Å². The molecule has 7 heteroatoms. The number of aryl methyl sites for hydroxylation is 1. The summed E-state index contributed by atoms with van der Waals surface area (Å²) in [4.78, 5) is 27.7. The summed E-state index contributed by atoms with van der Waals surface area (Å²) in [5.74, 6) is 0.117. The smallest absolute Gasteiger partial charge is 0.261 e. The van der Waals surface area contributed by atoms with Gasteiger partial charge in [-0.25, -0.2) is 0 Å². The van der Waals surface area contributed by atoms with Crippen molar-refractivity contribution in [3.63, 3.8) is 0 Å². The van der Waals surface area contributed by atoms with Crippen molar-refractivity contribution in [2.24, 2.45) is 0 Å². The SMILES string of the molecule is Cc1cccc(OCC(=O)N(Cc2c(Cl)cccc2Cl)C(C)C(=O)NC2CCCCC2)c1. The normalized spacial score (nSPS) is 15.1. The van der Waals surface area contributed by atoms with E-state index in [1.165, 1.54) is 11.3 Å². The van der Waals surface area contributed by atoms with E-state index >= 15 is 0 Å². The monoisotopic (exact) mass is 476 g/mol. The summed E-state index contributed by atoms with van der Waals surface area (Å²) in [7, 11) is 0. The van der Waals surface area contributed by atoms with Gasteiger partial charge in [-0.2, -0.15) is 0 Å². The Morgan fingerprint density at radius 3 is 2.41 bits per heavy atom. The van der Waals surface area contributed by atoms with Gasteiger partial charge in [-0.15, -0.1) is 0 Å². The highest BCUT2D eigenvalue weighted by Gasteiger charge is 2.29. The van der Waals surface area contributed by atoms with Crippen LogP contribution in [0.1, 0.15) is 50.2 Å². The van der Waals surface area contributed by atoms with Gasteiger partial charge < -0.3 is 15.0 Å². The third kappa shape index (κ3) is 6.63. The minimum absolute atomic E-state index is 0.119. The largest absolute Gasteiger partial charge is 0.484 e. The number of ether oxygens (including phenoxy) is 1. The molecule has 0 heterocycles. The molecule has 1 saturated carbocycles. The Kier molecular flexibility index (Phi) is 8.83. The number of nitrogens with one attached hydrogen (secondary N) is 1. The lowest BCUT2D eigenvalue weighted by Gasteiger charge is -2.31. The number of amides is 2. The molecule has 1 aliphatic rings. The van der Waals surface area contributed by atoms with E-state index in [0.717, 1.165) is 31.2 Å². The fourth-order valence-electron chi connectivity index (χ4n) is 3.94. The molecule has 0 aromatic heterocycles. The number of carbonyl (C=O) groups is 2. The number of halogens is 2. The summed E-state index contributed by atoms with van der Waals surface area (Å²) in [5.41, 5.74) is 1.65. The first kappa shape index (κ1) is 24.4. The van der Waals surface area contributed by atoms with Crippen molar-refractivity contribution < 1.29 is 14.3 Å².